The predicted molar refractivity (Wildman–Crippen MR) is 160 cm³/mol. The molecule has 7 aromatic rings. The number of hydrogen-bond acceptors (Lipinski definition) is 4. The SMILES string of the molecule is [C-]#[N+]c1cc2c(-c3cccc(C#N)c3)nc3ccccc3c2c2nc(-c3ccccc3)c(-c3ccccc3)nc12. The zero-order valence-corrected chi connectivity index (χ0v) is 21.2. The van der Waals surface area contributed by atoms with Gasteiger partial charge in [0, 0.05) is 32.8 Å². The van der Waals surface area contributed by atoms with Crippen molar-refractivity contribution in [3.05, 3.63) is 132 Å². The molecular formula is C35H19N5. The molecule has 184 valence electrons. The van der Waals surface area contributed by atoms with Gasteiger partial charge in [0.15, 0.2) is 0 Å². The molecule has 0 saturated carbocycles. The summed E-state index contributed by atoms with van der Waals surface area (Å²) >= 11 is 0. The van der Waals surface area contributed by atoms with Crippen LogP contribution in [0.5, 0.6) is 0 Å². The number of rotatable bonds is 3. The van der Waals surface area contributed by atoms with E-state index in [2.05, 4.69) is 10.9 Å². The van der Waals surface area contributed by atoms with Crippen molar-refractivity contribution >= 4 is 38.4 Å². The highest BCUT2D eigenvalue weighted by molar-refractivity contribution is 6.23. The molecular weight excluding hydrogens is 490 g/mol. The number of hydrogen-bond donors (Lipinski definition) is 0. The van der Waals surface area contributed by atoms with E-state index in [4.69, 9.17) is 21.5 Å². The highest BCUT2D eigenvalue weighted by atomic mass is 14.9. The minimum absolute atomic E-state index is 0.404. The molecule has 5 aromatic carbocycles. The molecule has 0 radical (unpaired) electrons. The third-order valence-corrected chi connectivity index (χ3v) is 7.07. The lowest BCUT2D eigenvalue weighted by Crippen LogP contribution is -1.98. The van der Waals surface area contributed by atoms with Crippen molar-refractivity contribution in [3.63, 3.8) is 0 Å². The first-order chi connectivity index (χ1) is 19.7. The first-order valence-corrected chi connectivity index (χ1v) is 12.8. The van der Waals surface area contributed by atoms with Gasteiger partial charge in [-0.1, -0.05) is 91.0 Å². The van der Waals surface area contributed by atoms with E-state index in [1.165, 1.54) is 0 Å². The van der Waals surface area contributed by atoms with Gasteiger partial charge < -0.3 is 0 Å². The summed E-state index contributed by atoms with van der Waals surface area (Å²) in [5.41, 5.74) is 7.81. The highest BCUT2D eigenvalue weighted by Gasteiger charge is 2.21. The Hall–Kier alpha value is -5.91. The van der Waals surface area contributed by atoms with Gasteiger partial charge in [-0.25, -0.2) is 14.8 Å². The molecule has 0 aliphatic rings. The Morgan fingerprint density at radius 2 is 1.20 bits per heavy atom. The summed E-state index contributed by atoms with van der Waals surface area (Å²) in [6.07, 6.45) is 0. The van der Waals surface area contributed by atoms with Crippen LogP contribution >= 0.6 is 0 Å². The van der Waals surface area contributed by atoms with E-state index < -0.39 is 0 Å². The number of fused-ring (bicyclic) bond motifs is 5. The largest absolute Gasteiger partial charge is 0.255 e. The minimum atomic E-state index is 0.404. The Bertz CT molecular complexity index is 2170. The number of para-hydroxylation sites is 1. The number of pyridine rings is 1. The fourth-order valence-electron chi connectivity index (χ4n) is 5.25. The smallest absolute Gasteiger partial charge is 0.215 e. The van der Waals surface area contributed by atoms with E-state index in [0.29, 0.717) is 28.0 Å². The summed E-state index contributed by atoms with van der Waals surface area (Å²) in [7, 11) is 0. The molecule has 0 amide bonds. The molecule has 0 aliphatic heterocycles. The maximum Gasteiger partial charge on any atom is 0.215 e. The van der Waals surface area contributed by atoms with E-state index >= 15 is 0 Å². The van der Waals surface area contributed by atoms with Gasteiger partial charge in [-0.2, -0.15) is 5.26 Å². The molecule has 0 atom stereocenters. The first kappa shape index (κ1) is 23.2. The van der Waals surface area contributed by atoms with Gasteiger partial charge in [-0.05, 0) is 24.3 Å². The lowest BCUT2D eigenvalue weighted by atomic mass is 9.96. The third kappa shape index (κ3) is 3.74. The summed E-state index contributed by atoms with van der Waals surface area (Å²) < 4.78 is 0. The lowest BCUT2D eigenvalue weighted by molar-refractivity contribution is 1.30. The average Bonchev–Trinajstić information content (AvgIpc) is 3.04. The Balaban J connectivity index is 1.69. The highest BCUT2D eigenvalue weighted by Crippen LogP contribution is 2.42. The van der Waals surface area contributed by atoms with E-state index in [1.807, 2.05) is 109 Å². The van der Waals surface area contributed by atoms with Gasteiger partial charge in [0.2, 0.25) is 5.69 Å². The number of aromatic nitrogens is 3. The summed E-state index contributed by atoms with van der Waals surface area (Å²) in [6.45, 7) is 8.09. The van der Waals surface area contributed by atoms with Crippen molar-refractivity contribution in [2.24, 2.45) is 0 Å². The first-order valence-electron chi connectivity index (χ1n) is 12.8. The van der Waals surface area contributed by atoms with Crippen LogP contribution in [0.3, 0.4) is 0 Å². The Labute approximate surface area is 230 Å². The van der Waals surface area contributed by atoms with Crippen molar-refractivity contribution < 1.29 is 0 Å². The molecule has 0 saturated heterocycles. The van der Waals surface area contributed by atoms with Gasteiger partial charge >= 0.3 is 0 Å². The second-order valence-electron chi connectivity index (χ2n) is 9.45. The molecule has 0 fully saturated rings. The van der Waals surface area contributed by atoms with Crippen molar-refractivity contribution in [2.45, 2.75) is 0 Å². The maximum absolute atomic E-state index is 9.55. The fraction of sp³-hybridized carbons (Fsp3) is 0. The number of nitrogens with zero attached hydrogens (tertiary/aromatic N) is 5. The Kier molecular flexibility index (Phi) is 5.48. The van der Waals surface area contributed by atoms with Crippen LogP contribution in [-0.2, 0) is 0 Å². The molecule has 5 heteroatoms. The van der Waals surface area contributed by atoms with Crippen LogP contribution in [0, 0.1) is 17.9 Å². The van der Waals surface area contributed by atoms with Gasteiger partial charge in [-0.3, -0.25) is 4.98 Å². The van der Waals surface area contributed by atoms with Gasteiger partial charge in [-0.15, -0.1) is 0 Å². The van der Waals surface area contributed by atoms with Gasteiger partial charge in [0.05, 0.1) is 51.8 Å². The van der Waals surface area contributed by atoms with Crippen LogP contribution < -0.4 is 0 Å². The minimum Gasteiger partial charge on any atom is -0.255 e. The average molecular weight is 510 g/mol. The third-order valence-electron chi connectivity index (χ3n) is 7.07. The molecule has 5 nitrogen and oxygen atoms in total. The van der Waals surface area contributed by atoms with E-state index in [0.717, 1.165) is 49.8 Å². The van der Waals surface area contributed by atoms with Crippen molar-refractivity contribution in [2.75, 3.05) is 0 Å². The van der Waals surface area contributed by atoms with Crippen LogP contribution in [0.1, 0.15) is 5.56 Å². The fourth-order valence-corrected chi connectivity index (χ4v) is 5.25. The molecule has 0 bridgehead atoms. The summed E-state index contributed by atoms with van der Waals surface area (Å²) in [6, 6.07) is 39.4. The molecule has 7 rings (SSSR count). The van der Waals surface area contributed by atoms with Crippen molar-refractivity contribution in [3.8, 4) is 39.8 Å². The maximum atomic E-state index is 9.55. The monoisotopic (exact) mass is 509 g/mol. The molecule has 0 aliphatic carbocycles. The molecule has 40 heavy (non-hydrogen) atoms. The van der Waals surface area contributed by atoms with Crippen LogP contribution in [-0.4, -0.2) is 15.0 Å². The van der Waals surface area contributed by atoms with Crippen molar-refractivity contribution in [1.29, 1.82) is 5.26 Å². The predicted octanol–water partition coefficient (Wildman–Crippen LogP) is 8.75. The Morgan fingerprint density at radius 3 is 1.88 bits per heavy atom. The molecule has 0 unspecified atom stereocenters. The van der Waals surface area contributed by atoms with Crippen LogP contribution in [0.25, 0.3) is 71.3 Å². The Morgan fingerprint density at radius 1 is 0.575 bits per heavy atom. The van der Waals surface area contributed by atoms with Crippen LogP contribution in [0.2, 0.25) is 0 Å². The zero-order chi connectivity index (χ0) is 27.1. The van der Waals surface area contributed by atoms with Gasteiger partial charge in [0.25, 0.3) is 0 Å². The van der Waals surface area contributed by atoms with E-state index in [1.54, 1.807) is 6.07 Å². The van der Waals surface area contributed by atoms with E-state index in [9.17, 15) is 5.26 Å². The number of nitriles is 1. The van der Waals surface area contributed by atoms with Crippen molar-refractivity contribution in [1.82, 2.24) is 15.0 Å². The molecule has 2 aromatic heterocycles. The van der Waals surface area contributed by atoms with E-state index in [-0.39, 0.29) is 0 Å². The lowest BCUT2D eigenvalue weighted by Gasteiger charge is -2.16. The molecule has 0 N–H and O–H groups in total. The summed E-state index contributed by atoms with van der Waals surface area (Å²) in [5.74, 6) is 0. The molecule has 0 spiro atoms. The molecule has 2 heterocycles. The normalized spacial score (nSPS) is 10.9. The standard InChI is InChI=1S/C35H19N5/c1-37-29-20-27-30(26-17-8-9-18-28(26)38-31(27)25-16-10-11-22(19-25)21-36)35-34(29)39-32(23-12-4-2-5-13-23)33(40-35)24-14-6-3-7-15-24/h2-20H. The van der Waals surface area contributed by atoms with Gasteiger partial charge in [0.1, 0.15) is 0 Å². The van der Waals surface area contributed by atoms with Crippen LogP contribution in [0.4, 0.5) is 5.69 Å². The summed E-state index contributed by atoms with van der Waals surface area (Å²) in [5, 5.41) is 12.2. The second-order valence-corrected chi connectivity index (χ2v) is 9.45. The number of benzene rings is 5. The summed E-state index contributed by atoms with van der Waals surface area (Å²) in [4.78, 5) is 19.3. The topological polar surface area (TPSA) is 66.8 Å². The van der Waals surface area contributed by atoms with Crippen LogP contribution in [0.15, 0.2) is 115 Å². The second kappa shape index (κ2) is 9.44. The quantitative estimate of drug-likeness (QED) is 0.176. The zero-order valence-electron chi connectivity index (χ0n) is 21.2.